The molecule has 0 radical (unpaired) electrons. The van der Waals surface area contributed by atoms with E-state index in [-0.39, 0.29) is 5.56 Å². The summed E-state index contributed by atoms with van der Waals surface area (Å²) in [4.78, 5) is 16.1. The first-order valence-corrected chi connectivity index (χ1v) is 9.46. The summed E-state index contributed by atoms with van der Waals surface area (Å²) in [6.07, 6.45) is 0. The standard InChI is InChI=1S/C19H28N2O6/c22-19(23)16-2-1-3-17(26-14-8-20-4-10-24-11-5-20)18(16)27-15-9-21-6-12-25-13-7-21/h1-3H,4-15H2,(H,22,23). The first-order chi connectivity index (χ1) is 13.2. The highest BCUT2D eigenvalue weighted by Gasteiger charge is 2.18. The van der Waals surface area contributed by atoms with Gasteiger partial charge in [0.05, 0.1) is 26.4 Å². The SMILES string of the molecule is O=C(O)c1cccc(OCCN2CCOCC2)c1OCCN1CCOCC1. The van der Waals surface area contributed by atoms with Gasteiger partial charge in [-0.25, -0.2) is 4.79 Å². The second-order valence-corrected chi connectivity index (χ2v) is 6.54. The second-order valence-electron chi connectivity index (χ2n) is 6.54. The monoisotopic (exact) mass is 380 g/mol. The van der Waals surface area contributed by atoms with Crippen LogP contribution in [-0.4, -0.2) is 99.8 Å². The van der Waals surface area contributed by atoms with Crippen LogP contribution in [0.3, 0.4) is 0 Å². The Balaban J connectivity index is 1.56. The zero-order valence-electron chi connectivity index (χ0n) is 15.6. The van der Waals surface area contributed by atoms with Crippen molar-refractivity contribution in [3.63, 3.8) is 0 Å². The maximum atomic E-state index is 11.6. The Morgan fingerprint density at radius 1 is 0.926 bits per heavy atom. The minimum atomic E-state index is -1.02. The van der Waals surface area contributed by atoms with E-state index in [0.717, 1.165) is 65.7 Å². The predicted octanol–water partition coefficient (Wildman–Crippen LogP) is 0.807. The summed E-state index contributed by atoms with van der Waals surface area (Å²) in [6, 6.07) is 4.99. The van der Waals surface area contributed by atoms with Gasteiger partial charge in [0.15, 0.2) is 11.5 Å². The van der Waals surface area contributed by atoms with Crippen molar-refractivity contribution in [2.45, 2.75) is 0 Å². The van der Waals surface area contributed by atoms with Gasteiger partial charge in [0.25, 0.3) is 0 Å². The summed E-state index contributed by atoms with van der Waals surface area (Å²) in [5.74, 6) is -0.236. The van der Waals surface area contributed by atoms with E-state index in [2.05, 4.69) is 9.80 Å². The Bertz CT molecular complexity index is 600. The molecular formula is C19H28N2O6. The molecule has 2 saturated heterocycles. The summed E-state index contributed by atoms with van der Waals surface area (Å²) in [7, 11) is 0. The number of aromatic carboxylic acids is 1. The molecule has 1 N–H and O–H groups in total. The molecule has 0 amide bonds. The summed E-state index contributed by atoms with van der Waals surface area (Å²) < 4.78 is 22.4. The average Bonchev–Trinajstić information content (AvgIpc) is 2.70. The van der Waals surface area contributed by atoms with Gasteiger partial charge in [-0.1, -0.05) is 6.07 Å². The number of carboxylic acids is 1. The first-order valence-electron chi connectivity index (χ1n) is 9.46. The molecule has 27 heavy (non-hydrogen) atoms. The minimum absolute atomic E-state index is 0.126. The minimum Gasteiger partial charge on any atom is -0.488 e. The van der Waals surface area contributed by atoms with E-state index in [0.29, 0.717) is 24.7 Å². The van der Waals surface area contributed by atoms with Crippen molar-refractivity contribution < 1.29 is 28.8 Å². The third-order valence-corrected chi connectivity index (χ3v) is 4.74. The molecule has 0 aliphatic carbocycles. The molecule has 0 bridgehead atoms. The van der Waals surface area contributed by atoms with Crippen LogP contribution in [0, 0.1) is 0 Å². The van der Waals surface area contributed by atoms with Gasteiger partial charge in [-0.05, 0) is 12.1 Å². The lowest BCUT2D eigenvalue weighted by Crippen LogP contribution is -2.39. The summed E-state index contributed by atoms with van der Waals surface area (Å²) in [5, 5.41) is 9.48. The average molecular weight is 380 g/mol. The predicted molar refractivity (Wildman–Crippen MR) is 98.9 cm³/mol. The Kier molecular flexibility index (Phi) is 7.70. The number of carboxylic acid groups (broad SMARTS) is 1. The van der Waals surface area contributed by atoms with Crippen LogP contribution < -0.4 is 9.47 Å². The highest BCUT2D eigenvalue weighted by atomic mass is 16.5. The van der Waals surface area contributed by atoms with Crippen LogP contribution in [0.25, 0.3) is 0 Å². The van der Waals surface area contributed by atoms with Crippen molar-refractivity contribution in [2.24, 2.45) is 0 Å². The Morgan fingerprint density at radius 3 is 2.04 bits per heavy atom. The number of carbonyl (C=O) groups is 1. The van der Waals surface area contributed by atoms with E-state index in [1.165, 1.54) is 0 Å². The molecule has 0 spiro atoms. The first kappa shape index (κ1) is 19.9. The molecule has 2 aliphatic heterocycles. The Morgan fingerprint density at radius 2 is 1.48 bits per heavy atom. The molecular weight excluding hydrogens is 352 g/mol. The molecule has 0 unspecified atom stereocenters. The molecule has 8 heteroatoms. The van der Waals surface area contributed by atoms with E-state index in [9.17, 15) is 9.90 Å². The van der Waals surface area contributed by atoms with Gasteiger partial charge < -0.3 is 24.1 Å². The number of hydrogen-bond donors (Lipinski definition) is 1. The Hall–Kier alpha value is -1.87. The van der Waals surface area contributed by atoms with E-state index >= 15 is 0 Å². The maximum absolute atomic E-state index is 11.6. The zero-order valence-corrected chi connectivity index (χ0v) is 15.6. The molecule has 2 fully saturated rings. The summed E-state index contributed by atoms with van der Waals surface area (Å²) >= 11 is 0. The number of ether oxygens (including phenoxy) is 4. The number of morpholine rings is 2. The normalized spacial score (nSPS) is 19.0. The third-order valence-electron chi connectivity index (χ3n) is 4.74. The van der Waals surface area contributed by atoms with Crippen LogP contribution in [0.4, 0.5) is 0 Å². The van der Waals surface area contributed by atoms with Crippen LogP contribution in [0.15, 0.2) is 18.2 Å². The highest BCUT2D eigenvalue weighted by Crippen LogP contribution is 2.31. The van der Waals surface area contributed by atoms with Crippen molar-refractivity contribution in [2.75, 3.05) is 78.9 Å². The van der Waals surface area contributed by atoms with Gasteiger partial charge in [-0.15, -0.1) is 0 Å². The van der Waals surface area contributed by atoms with Gasteiger partial charge in [-0.2, -0.15) is 0 Å². The van der Waals surface area contributed by atoms with Crippen molar-refractivity contribution in [1.82, 2.24) is 9.80 Å². The lowest BCUT2D eigenvalue weighted by Gasteiger charge is -2.27. The van der Waals surface area contributed by atoms with Crippen molar-refractivity contribution in [3.8, 4) is 11.5 Å². The number of hydrogen-bond acceptors (Lipinski definition) is 7. The lowest BCUT2D eigenvalue weighted by molar-refractivity contribution is 0.0304. The van der Waals surface area contributed by atoms with Crippen LogP contribution in [0.2, 0.25) is 0 Å². The zero-order chi connectivity index (χ0) is 18.9. The molecule has 2 aliphatic rings. The number of rotatable bonds is 9. The lowest BCUT2D eigenvalue weighted by atomic mass is 10.2. The smallest absolute Gasteiger partial charge is 0.339 e. The fourth-order valence-corrected chi connectivity index (χ4v) is 3.16. The van der Waals surface area contributed by atoms with Crippen molar-refractivity contribution in [1.29, 1.82) is 0 Å². The largest absolute Gasteiger partial charge is 0.488 e. The molecule has 0 aromatic heterocycles. The molecule has 0 saturated carbocycles. The van der Waals surface area contributed by atoms with Crippen molar-refractivity contribution >= 4 is 5.97 Å². The summed E-state index contributed by atoms with van der Waals surface area (Å²) in [5.41, 5.74) is 0.126. The quantitative estimate of drug-likeness (QED) is 0.674. The van der Waals surface area contributed by atoms with Gasteiger partial charge in [0.1, 0.15) is 18.8 Å². The number of benzene rings is 1. The van der Waals surface area contributed by atoms with Gasteiger partial charge in [0.2, 0.25) is 0 Å². The fraction of sp³-hybridized carbons (Fsp3) is 0.632. The highest BCUT2D eigenvalue weighted by molar-refractivity contribution is 5.92. The molecule has 1 aromatic carbocycles. The van der Waals surface area contributed by atoms with E-state index in [1.807, 2.05) is 0 Å². The molecule has 2 heterocycles. The van der Waals surface area contributed by atoms with E-state index < -0.39 is 5.97 Å². The second kappa shape index (κ2) is 10.5. The van der Waals surface area contributed by atoms with Gasteiger partial charge >= 0.3 is 5.97 Å². The number of nitrogens with zero attached hydrogens (tertiary/aromatic N) is 2. The van der Waals surface area contributed by atoms with Gasteiger partial charge in [-0.3, -0.25) is 9.80 Å². The van der Waals surface area contributed by atoms with Crippen LogP contribution in [-0.2, 0) is 9.47 Å². The van der Waals surface area contributed by atoms with E-state index in [1.54, 1.807) is 18.2 Å². The fourth-order valence-electron chi connectivity index (χ4n) is 3.16. The van der Waals surface area contributed by atoms with Crippen molar-refractivity contribution in [3.05, 3.63) is 23.8 Å². The molecule has 1 aromatic rings. The topological polar surface area (TPSA) is 80.7 Å². The maximum Gasteiger partial charge on any atom is 0.339 e. The molecule has 0 atom stereocenters. The molecule has 8 nitrogen and oxygen atoms in total. The Labute approximate surface area is 159 Å². The van der Waals surface area contributed by atoms with Crippen LogP contribution in [0.5, 0.6) is 11.5 Å². The van der Waals surface area contributed by atoms with Crippen LogP contribution in [0.1, 0.15) is 10.4 Å². The summed E-state index contributed by atoms with van der Waals surface area (Å²) in [6.45, 7) is 8.83. The number of para-hydroxylation sites is 1. The molecule has 3 rings (SSSR count). The van der Waals surface area contributed by atoms with Crippen LogP contribution >= 0.6 is 0 Å². The third kappa shape index (κ3) is 6.07. The van der Waals surface area contributed by atoms with Gasteiger partial charge in [0, 0.05) is 39.3 Å². The van der Waals surface area contributed by atoms with E-state index in [4.69, 9.17) is 18.9 Å². The molecule has 150 valence electrons.